The van der Waals surface area contributed by atoms with Gasteiger partial charge in [0.05, 0.1) is 0 Å². The molecular weight excluding hydrogens is 338 g/mol. The Morgan fingerprint density at radius 1 is 1.33 bits per heavy atom. The topological polar surface area (TPSA) is 62.3 Å². The summed E-state index contributed by atoms with van der Waals surface area (Å²) in [4.78, 5) is 31.6. The molecule has 1 aliphatic heterocycles. The van der Waals surface area contributed by atoms with Gasteiger partial charge in [0.2, 0.25) is 0 Å². The van der Waals surface area contributed by atoms with Crippen molar-refractivity contribution in [2.75, 3.05) is 6.54 Å². The predicted molar refractivity (Wildman–Crippen MR) is 103 cm³/mol. The molecule has 1 fully saturated rings. The number of hydrogen-bond donors (Lipinski definition) is 1. The van der Waals surface area contributed by atoms with Crippen LogP contribution in [0.3, 0.4) is 0 Å². The van der Waals surface area contributed by atoms with Crippen molar-refractivity contribution in [3.63, 3.8) is 0 Å². The number of nitrogens with one attached hydrogen (secondary N) is 1. The molecule has 2 atom stereocenters. The zero-order chi connectivity index (χ0) is 19.0. The van der Waals surface area contributed by atoms with E-state index in [2.05, 4.69) is 22.4 Å². The quantitative estimate of drug-likeness (QED) is 0.888. The van der Waals surface area contributed by atoms with Crippen molar-refractivity contribution >= 4 is 11.8 Å². The number of benzene rings is 1. The van der Waals surface area contributed by atoms with Crippen LogP contribution in [-0.4, -0.2) is 28.2 Å². The fourth-order valence-electron chi connectivity index (χ4n) is 3.78. The highest BCUT2D eigenvalue weighted by atomic mass is 16.2. The van der Waals surface area contributed by atoms with Crippen LogP contribution in [0.15, 0.2) is 48.8 Å². The van der Waals surface area contributed by atoms with E-state index in [-0.39, 0.29) is 11.8 Å². The van der Waals surface area contributed by atoms with Crippen molar-refractivity contribution in [1.82, 2.24) is 15.2 Å². The minimum Gasteiger partial charge on any atom is -0.334 e. The number of amides is 2. The Kier molecular flexibility index (Phi) is 4.52. The van der Waals surface area contributed by atoms with E-state index in [0.717, 1.165) is 23.2 Å². The highest BCUT2D eigenvalue weighted by Crippen LogP contribution is 2.47. The largest absolute Gasteiger partial charge is 0.334 e. The lowest BCUT2D eigenvalue weighted by atomic mass is 10.0. The molecule has 0 spiro atoms. The fraction of sp³-hybridized carbons (Fsp3) is 0.318. The first-order chi connectivity index (χ1) is 13.1. The van der Waals surface area contributed by atoms with Crippen molar-refractivity contribution < 1.29 is 9.59 Å². The van der Waals surface area contributed by atoms with Gasteiger partial charge in [0.15, 0.2) is 0 Å². The zero-order valence-corrected chi connectivity index (χ0v) is 15.6. The average molecular weight is 361 g/mol. The molecule has 2 aromatic rings. The van der Waals surface area contributed by atoms with Crippen molar-refractivity contribution in [2.24, 2.45) is 5.92 Å². The molecule has 0 radical (unpaired) electrons. The molecular formula is C22H23N3O2. The van der Waals surface area contributed by atoms with E-state index in [1.54, 1.807) is 24.4 Å². The van der Waals surface area contributed by atoms with E-state index in [1.165, 1.54) is 0 Å². The third kappa shape index (κ3) is 3.37. The molecule has 2 aliphatic rings. The van der Waals surface area contributed by atoms with Gasteiger partial charge in [-0.15, -0.1) is 0 Å². The summed E-state index contributed by atoms with van der Waals surface area (Å²) in [6.07, 6.45) is 6.34. The minimum atomic E-state index is -0.173. The Bertz CT molecular complexity index is 918. The van der Waals surface area contributed by atoms with E-state index in [0.29, 0.717) is 36.1 Å². The van der Waals surface area contributed by atoms with Crippen LogP contribution in [0.2, 0.25) is 0 Å². The Morgan fingerprint density at radius 3 is 2.93 bits per heavy atom. The number of hydrogen-bond acceptors (Lipinski definition) is 3. The van der Waals surface area contributed by atoms with Crippen LogP contribution in [0, 0.1) is 12.8 Å². The maximum atomic E-state index is 12.8. The standard InChI is InChI=1S/C22H23N3O2/c1-3-9-23-21(26)16-5-4-6-17-19(16)13-25(22(17)27)12-15-10-18(15)20-8-7-14(2)11-24-20/h3-9,11,15,18H,10,12-13H2,1-2H3,(H,23,26)/b9-3-/t15-,18?/m0/s1. The van der Waals surface area contributed by atoms with Gasteiger partial charge in [0.1, 0.15) is 0 Å². The number of nitrogens with zero attached hydrogens (tertiary/aromatic N) is 2. The van der Waals surface area contributed by atoms with Gasteiger partial charge in [-0.2, -0.15) is 0 Å². The third-order valence-electron chi connectivity index (χ3n) is 5.36. The van der Waals surface area contributed by atoms with E-state index < -0.39 is 0 Å². The summed E-state index contributed by atoms with van der Waals surface area (Å²) in [6, 6.07) is 9.55. The van der Waals surface area contributed by atoms with Crippen LogP contribution in [0.5, 0.6) is 0 Å². The summed E-state index contributed by atoms with van der Waals surface area (Å²) in [5.74, 6) is 0.722. The van der Waals surface area contributed by atoms with Crippen molar-refractivity contribution in [2.45, 2.75) is 32.7 Å². The lowest BCUT2D eigenvalue weighted by Crippen LogP contribution is -2.26. The monoisotopic (exact) mass is 361 g/mol. The van der Waals surface area contributed by atoms with E-state index >= 15 is 0 Å². The van der Waals surface area contributed by atoms with Gasteiger partial charge < -0.3 is 10.2 Å². The molecule has 1 saturated carbocycles. The molecule has 2 amide bonds. The smallest absolute Gasteiger partial charge is 0.255 e. The van der Waals surface area contributed by atoms with Gasteiger partial charge in [-0.25, -0.2) is 0 Å². The first-order valence-corrected chi connectivity index (χ1v) is 9.34. The zero-order valence-electron chi connectivity index (χ0n) is 15.6. The number of allylic oxidation sites excluding steroid dienone is 1. The Hall–Kier alpha value is -2.95. The molecule has 1 unspecified atom stereocenters. The lowest BCUT2D eigenvalue weighted by molar-refractivity contribution is 0.0769. The molecule has 5 nitrogen and oxygen atoms in total. The fourth-order valence-corrected chi connectivity index (χ4v) is 3.78. The van der Waals surface area contributed by atoms with Crippen molar-refractivity contribution in [3.05, 3.63) is 76.8 Å². The first-order valence-electron chi connectivity index (χ1n) is 9.34. The normalized spacial score (nSPS) is 20.8. The minimum absolute atomic E-state index is 0.0215. The van der Waals surface area contributed by atoms with Crippen molar-refractivity contribution in [3.8, 4) is 0 Å². The summed E-state index contributed by atoms with van der Waals surface area (Å²) in [5.41, 5.74) is 4.32. The van der Waals surface area contributed by atoms with Gasteiger partial charge >= 0.3 is 0 Å². The maximum Gasteiger partial charge on any atom is 0.255 e. The Morgan fingerprint density at radius 2 is 2.19 bits per heavy atom. The van der Waals surface area contributed by atoms with Gasteiger partial charge in [0.25, 0.3) is 11.8 Å². The summed E-state index contributed by atoms with van der Waals surface area (Å²) < 4.78 is 0. The summed E-state index contributed by atoms with van der Waals surface area (Å²) >= 11 is 0. The highest BCUT2D eigenvalue weighted by molar-refractivity contribution is 6.04. The number of carbonyl (C=O) groups excluding carboxylic acids is 2. The summed E-state index contributed by atoms with van der Waals surface area (Å²) in [5, 5.41) is 2.74. The van der Waals surface area contributed by atoms with Crippen LogP contribution in [0.4, 0.5) is 0 Å². The number of rotatable bonds is 5. The van der Waals surface area contributed by atoms with Crippen LogP contribution in [0.1, 0.15) is 56.8 Å². The van der Waals surface area contributed by atoms with Gasteiger partial charge in [0, 0.05) is 42.0 Å². The second-order valence-electron chi connectivity index (χ2n) is 7.35. The summed E-state index contributed by atoms with van der Waals surface area (Å²) in [7, 11) is 0. The molecule has 0 bridgehead atoms. The van der Waals surface area contributed by atoms with Gasteiger partial charge in [-0.3, -0.25) is 14.6 Å². The molecule has 2 heterocycles. The average Bonchev–Trinajstić information content (AvgIpc) is 3.37. The van der Waals surface area contributed by atoms with Crippen LogP contribution < -0.4 is 5.32 Å². The molecule has 1 aromatic carbocycles. The number of aromatic nitrogens is 1. The third-order valence-corrected chi connectivity index (χ3v) is 5.36. The molecule has 1 aliphatic carbocycles. The second-order valence-corrected chi connectivity index (χ2v) is 7.35. The van der Waals surface area contributed by atoms with E-state index in [4.69, 9.17) is 0 Å². The molecule has 1 aromatic heterocycles. The first kappa shape index (κ1) is 17.5. The number of fused-ring (bicyclic) bond motifs is 1. The lowest BCUT2D eigenvalue weighted by Gasteiger charge is -2.15. The van der Waals surface area contributed by atoms with E-state index in [9.17, 15) is 9.59 Å². The molecule has 27 heavy (non-hydrogen) atoms. The number of pyridine rings is 1. The second kappa shape index (κ2) is 6.99. The Balaban J connectivity index is 1.46. The summed E-state index contributed by atoms with van der Waals surface area (Å²) in [6.45, 7) is 5.09. The molecule has 4 rings (SSSR count). The highest BCUT2D eigenvalue weighted by Gasteiger charge is 2.43. The molecule has 1 N–H and O–H groups in total. The van der Waals surface area contributed by atoms with E-state index in [1.807, 2.05) is 31.0 Å². The van der Waals surface area contributed by atoms with Crippen molar-refractivity contribution in [1.29, 1.82) is 0 Å². The molecule has 0 saturated heterocycles. The molecule has 5 heteroatoms. The Labute approximate surface area is 159 Å². The number of aryl methyl sites for hydroxylation is 1. The van der Waals surface area contributed by atoms with Crippen LogP contribution in [-0.2, 0) is 6.54 Å². The number of carbonyl (C=O) groups is 2. The maximum absolute atomic E-state index is 12.8. The molecule has 138 valence electrons. The van der Waals surface area contributed by atoms with Gasteiger partial charge in [-0.05, 0) is 61.7 Å². The predicted octanol–water partition coefficient (Wildman–Crippen LogP) is 3.41. The van der Waals surface area contributed by atoms with Crippen LogP contribution >= 0.6 is 0 Å². The SMILES string of the molecule is C/C=C\NC(=O)c1cccc2c1CN(C[C@@H]1CC1c1ccc(C)cn1)C2=O. The van der Waals surface area contributed by atoms with Crippen LogP contribution in [0.25, 0.3) is 0 Å². The van der Waals surface area contributed by atoms with Gasteiger partial charge in [-0.1, -0.05) is 18.2 Å².